The second-order valence-corrected chi connectivity index (χ2v) is 5.11. The van der Waals surface area contributed by atoms with Crippen molar-refractivity contribution in [2.24, 2.45) is 0 Å². The number of methoxy groups -OCH3 is 1. The second kappa shape index (κ2) is 6.24. The quantitative estimate of drug-likeness (QED) is 0.893. The van der Waals surface area contributed by atoms with Crippen LogP contribution < -0.4 is 9.47 Å². The van der Waals surface area contributed by atoms with Crippen molar-refractivity contribution in [2.75, 3.05) is 7.11 Å². The number of aliphatic hydroxyl groups is 1. The van der Waals surface area contributed by atoms with Crippen LogP contribution in [0, 0.1) is 5.82 Å². The first-order valence-electron chi connectivity index (χ1n) is 6.00. The molecule has 5 heteroatoms. The normalized spacial score (nSPS) is 12.1. The molecule has 2 aromatic rings. The smallest absolute Gasteiger partial charge is 0.141 e. The molecule has 0 aliphatic rings. The Kier molecular flexibility index (Phi) is 4.62. The van der Waals surface area contributed by atoms with Gasteiger partial charge in [0.1, 0.15) is 23.1 Å². The molecule has 0 fully saturated rings. The first-order valence-corrected chi connectivity index (χ1v) is 6.79. The van der Waals surface area contributed by atoms with Crippen molar-refractivity contribution in [3.8, 4) is 17.2 Å². The number of rotatable bonds is 4. The lowest BCUT2D eigenvalue weighted by Crippen LogP contribution is -1.97. The standard InChI is InChI=1S/C15H14BrFO3/c1-9(18)12-7-10(17)3-5-14(12)20-15-6-4-11(19-2)8-13(15)16/h3-9,18H,1-2H3. The summed E-state index contributed by atoms with van der Waals surface area (Å²) in [5.41, 5.74) is 0.396. The zero-order valence-corrected chi connectivity index (χ0v) is 12.6. The number of hydrogen-bond donors (Lipinski definition) is 1. The van der Waals surface area contributed by atoms with E-state index in [0.29, 0.717) is 27.3 Å². The Balaban J connectivity index is 2.35. The van der Waals surface area contributed by atoms with Crippen LogP contribution in [-0.2, 0) is 0 Å². The molecule has 0 bridgehead atoms. The monoisotopic (exact) mass is 340 g/mol. The summed E-state index contributed by atoms with van der Waals surface area (Å²) in [5.74, 6) is 1.24. The molecule has 0 amide bonds. The summed E-state index contributed by atoms with van der Waals surface area (Å²) in [6.45, 7) is 1.56. The van der Waals surface area contributed by atoms with Gasteiger partial charge in [-0.15, -0.1) is 0 Å². The molecule has 0 aliphatic heterocycles. The highest BCUT2D eigenvalue weighted by Gasteiger charge is 2.13. The highest BCUT2D eigenvalue weighted by Crippen LogP contribution is 2.35. The van der Waals surface area contributed by atoms with Gasteiger partial charge in [-0.05, 0) is 59.3 Å². The summed E-state index contributed by atoms with van der Waals surface area (Å²) in [7, 11) is 1.58. The van der Waals surface area contributed by atoms with Crippen molar-refractivity contribution in [3.63, 3.8) is 0 Å². The average molecular weight is 341 g/mol. The van der Waals surface area contributed by atoms with Gasteiger partial charge in [0.15, 0.2) is 0 Å². The number of hydrogen-bond acceptors (Lipinski definition) is 3. The van der Waals surface area contributed by atoms with Gasteiger partial charge in [-0.25, -0.2) is 4.39 Å². The summed E-state index contributed by atoms with van der Waals surface area (Å²) in [6, 6.07) is 9.30. The molecular formula is C15H14BrFO3. The maximum atomic E-state index is 13.2. The summed E-state index contributed by atoms with van der Waals surface area (Å²) < 4.78 is 24.8. The van der Waals surface area contributed by atoms with Crippen LogP contribution in [0.2, 0.25) is 0 Å². The van der Waals surface area contributed by atoms with E-state index in [1.807, 2.05) is 0 Å². The molecule has 0 aromatic heterocycles. The Morgan fingerprint density at radius 2 is 1.85 bits per heavy atom. The van der Waals surface area contributed by atoms with E-state index in [2.05, 4.69) is 15.9 Å². The first kappa shape index (κ1) is 14.8. The van der Waals surface area contributed by atoms with Gasteiger partial charge in [-0.3, -0.25) is 0 Å². The molecule has 0 heterocycles. The molecule has 3 nitrogen and oxygen atoms in total. The average Bonchev–Trinajstić information content (AvgIpc) is 2.42. The fourth-order valence-electron chi connectivity index (χ4n) is 1.75. The van der Waals surface area contributed by atoms with Crippen molar-refractivity contribution in [3.05, 3.63) is 52.3 Å². The third-order valence-electron chi connectivity index (χ3n) is 2.78. The SMILES string of the molecule is COc1ccc(Oc2ccc(F)cc2C(C)O)c(Br)c1. The molecule has 20 heavy (non-hydrogen) atoms. The topological polar surface area (TPSA) is 38.7 Å². The molecule has 2 rings (SSSR count). The van der Waals surface area contributed by atoms with Crippen LogP contribution in [0.3, 0.4) is 0 Å². The maximum absolute atomic E-state index is 13.2. The first-order chi connectivity index (χ1) is 9.51. The molecule has 0 radical (unpaired) electrons. The minimum absolute atomic E-state index is 0.396. The Bertz CT molecular complexity index is 614. The zero-order valence-electron chi connectivity index (χ0n) is 11.1. The van der Waals surface area contributed by atoms with Crippen molar-refractivity contribution < 1.29 is 19.0 Å². The Morgan fingerprint density at radius 3 is 2.45 bits per heavy atom. The molecule has 1 N–H and O–H groups in total. The third-order valence-corrected chi connectivity index (χ3v) is 3.40. The van der Waals surface area contributed by atoms with Crippen LogP contribution in [0.25, 0.3) is 0 Å². The van der Waals surface area contributed by atoms with E-state index in [9.17, 15) is 9.50 Å². The molecular weight excluding hydrogens is 327 g/mol. The van der Waals surface area contributed by atoms with Crippen molar-refractivity contribution in [1.29, 1.82) is 0 Å². The number of aliphatic hydroxyl groups excluding tert-OH is 1. The second-order valence-electron chi connectivity index (χ2n) is 4.26. The van der Waals surface area contributed by atoms with Crippen molar-refractivity contribution in [2.45, 2.75) is 13.0 Å². The van der Waals surface area contributed by atoms with Crippen LogP contribution in [0.15, 0.2) is 40.9 Å². The molecule has 2 aromatic carbocycles. The summed E-state index contributed by atoms with van der Waals surface area (Å²) in [4.78, 5) is 0. The van der Waals surface area contributed by atoms with E-state index in [1.165, 1.54) is 18.2 Å². The molecule has 1 atom stereocenters. The van der Waals surface area contributed by atoms with E-state index in [1.54, 1.807) is 32.2 Å². The predicted octanol–water partition coefficient (Wildman–Crippen LogP) is 4.44. The van der Waals surface area contributed by atoms with Gasteiger partial charge < -0.3 is 14.6 Å². The Hall–Kier alpha value is -1.59. The van der Waals surface area contributed by atoms with Crippen molar-refractivity contribution >= 4 is 15.9 Å². The highest BCUT2D eigenvalue weighted by molar-refractivity contribution is 9.10. The van der Waals surface area contributed by atoms with Crippen LogP contribution in [0.5, 0.6) is 17.2 Å². The van der Waals surface area contributed by atoms with Crippen LogP contribution in [0.4, 0.5) is 4.39 Å². The largest absolute Gasteiger partial charge is 0.497 e. The fourth-order valence-corrected chi connectivity index (χ4v) is 2.19. The maximum Gasteiger partial charge on any atom is 0.141 e. The van der Waals surface area contributed by atoms with Crippen molar-refractivity contribution in [1.82, 2.24) is 0 Å². The van der Waals surface area contributed by atoms with Gasteiger partial charge in [0, 0.05) is 5.56 Å². The fraction of sp³-hybridized carbons (Fsp3) is 0.200. The number of ether oxygens (including phenoxy) is 2. The Labute approximate surface area is 125 Å². The van der Waals surface area contributed by atoms with Crippen LogP contribution in [-0.4, -0.2) is 12.2 Å². The van der Waals surface area contributed by atoms with Gasteiger partial charge in [-0.2, -0.15) is 0 Å². The van der Waals surface area contributed by atoms with E-state index >= 15 is 0 Å². The van der Waals surface area contributed by atoms with Gasteiger partial charge in [0.2, 0.25) is 0 Å². The lowest BCUT2D eigenvalue weighted by atomic mass is 10.1. The predicted molar refractivity (Wildman–Crippen MR) is 77.8 cm³/mol. The summed E-state index contributed by atoms with van der Waals surface area (Å²) in [6.07, 6.45) is -0.822. The van der Waals surface area contributed by atoms with Gasteiger partial charge in [0.05, 0.1) is 17.7 Å². The molecule has 0 aliphatic carbocycles. The lowest BCUT2D eigenvalue weighted by Gasteiger charge is -2.14. The van der Waals surface area contributed by atoms with Gasteiger partial charge in [0.25, 0.3) is 0 Å². The summed E-state index contributed by atoms with van der Waals surface area (Å²) >= 11 is 3.38. The molecule has 1 unspecified atom stereocenters. The molecule has 106 valence electrons. The third kappa shape index (κ3) is 3.29. The molecule has 0 saturated heterocycles. The highest BCUT2D eigenvalue weighted by atomic mass is 79.9. The lowest BCUT2D eigenvalue weighted by molar-refractivity contribution is 0.195. The number of benzene rings is 2. The van der Waals surface area contributed by atoms with Crippen LogP contribution in [0.1, 0.15) is 18.6 Å². The Morgan fingerprint density at radius 1 is 1.15 bits per heavy atom. The van der Waals surface area contributed by atoms with E-state index in [-0.39, 0.29) is 0 Å². The van der Waals surface area contributed by atoms with E-state index in [0.717, 1.165) is 0 Å². The van der Waals surface area contributed by atoms with Crippen LogP contribution >= 0.6 is 15.9 Å². The van der Waals surface area contributed by atoms with E-state index in [4.69, 9.17) is 9.47 Å². The van der Waals surface area contributed by atoms with Gasteiger partial charge >= 0.3 is 0 Å². The number of halogens is 2. The minimum atomic E-state index is -0.822. The molecule has 0 spiro atoms. The minimum Gasteiger partial charge on any atom is -0.497 e. The zero-order chi connectivity index (χ0) is 14.7. The van der Waals surface area contributed by atoms with E-state index < -0.39 is 11.9 Å². The summed E-state index contributed by atoms with van der Waals surface area (Å²) in [5, 5.41) is 9.68. The van der Waals surface area contributed by atoms with Gasteiger partial charge in [-0.1, -0.05) is 0 Å². The molecule has 0 saturated carbocycles.